The first-order valence-corrected chi connectivity index (χ1v) is 15.2. The molecule has 0 saturated heterocycles. The van der Waals surface area contributed by atoms with E-state index in [4.69, 9.17) is 4.42 Å². The molecule has 0 bridgehead atoms. The molecule has 0 amide bonds. The minimum Gasteiger partial charge on any atom is -0.460 e. The molecule has 0 atom stereocenters. The molecule has 0 saturated carbocycles. The van der Waals surface area contributed by atoms with Crippen LogP contribution in [0.2, 0.25) is 0 Å². The maximum absolute atomic E-state index is 6.16. The number of benzene rings is 4. The highest BCUT2D eigenvalue weighted by atomic mass is 79.9. The molecule has 0 unspecified atom stereocenters. The number of para-hydroxylation sites is 1. The van der Waals surface area contributed by atoms with E-state index in [1.54, 1.807) is 0 Å². The summed E-state index contributed by atoms with van der Waals surface area (Å²) >= 11 is 3.82. The van der Waals surface area contributed by atoms with Gasteiger partial charge in [0.25, 0.3) is 0 Å². The Bertz CT molecular complexity index is 1950. The van der Waals surface area contributed by atoms with Crippen LogP contribution in [0.4, 0.5) is 11.4 Å². The van der Waals surface area contributed by atoms with Gasteiger partial charge in [-0.05, 0) is 100 Å². The van der Waals surface area contributed by atoms with E-state index in [2.05, 4.69) is 139 Å². The smallest absolute Gasteiger partial charge is 0.134 e. The topological polar surface area (TPSA) is 16.4 Å². The van der Waals surface area contributed by atoms with Gasteiger partial charge in [0.1, 0.15) is 11.3 Å². The largest absolute Gasteiger partial charge is 0.460 e. The van der Waals surface area contributed by atoms with E-state index in [1.165, 1.54) is 33.2 Å². The summed E-state index contributed by atoms with van der Waals surface area (Å²) in [5.41, 5.74) is 12.3. The van der Waals surface area contributed by atoms with Gasteiger partial charge in [-0.15, -0.1) is 0 Å². The predicted octanol–water partition coefficient (Wildman–Crippen LogP) is 11.5. The van der Waals surface area contributed by atoms with Gasteiger partial charge in [0.15, 0.2) is 0 Å². The predicted molar refractivity (Wildman–Crippen MR) is 181 cm³/mol. The van der Waals surface area contributed by atoms with Crippen LogP contribution in [0.3, 0.4) is 0 Å². The minimum atomic E-state index is -0.254. The van der Waals surface area contributed by atoms with Gasteiger partial charge in [0, 0.05) is 38.6 Å². The van der Waals surface area contributed by atoms with Gasteiger partial charge in [0.2, 0.25) is 0 Å². The van der Waals surface area contributed by atoms with Crippen LogP contribution in [-0.2, 0) is 11.8 Å². The van der Waals surface area contributed by atoms with Gasteiger partial charge in [0.05, 0.1) is 5.69 Å². The van der Waals surface area contributed by atoms with Gasteiger partial charge in [-0.2, -0.15) is 0 Å². The highest BCUT2D eigenvalue weighted by molar-refractivity contribution is 9.10. The summed E-state index contributed by atoms with van der Waals surface area (Å²) in [4.78, 5) is 2.30. The van der Waals surface area contributed by atoms with Crippen molar-refractivity contribution in [2.75, 3.05) is 4.90 Å². The molecule has 206 valence electrons. The summed E-state index contributed by atoms with van der Waals surface area (Å²) < 4.78 is 7.21. The highest BCUT2D eigenvalue weighted by Crippen LogP contribution is 2.50. The zero-order valence-corrected chi connectivity index (χ0v) is 25.5. The molecule has 4 aromatic carbocycles. The number of rotatable bonds is 5. The first kappa shape index (κ1) is 26.6. The molecular formula is C39H32BrNO. The van der Waals surface area contributed by atoms with Crippen LogP contribution in [0.15, 0.2) is 136 Å². The number of fused-ring (bicyclic) bond motifs is 4. The number of nitrogens with zero attached hydrogens (tertiary/aromatic N) is 1. The maximum atomic E-state index is 6.16. The second-order valence-electron chi connectivity index (χ2n) is 11.6. The lowest BCUT2D eigenvalue weighted by Gasteiger charge is -2.42. The number of aryl methyl sites for hydroxylation is 1. The van der Waals surface area contributed by atoms with Crippen LogP contribution in [0.1, 0.15) is 37.2 Å². The molecule has 42 heavy (non-hydrogen) atoms. The number of hydrogen-bond donors (Lipinski definition) is 0. The normalized spacial score (nSPS) is 15.5. The maximum Gasteiger partial charge on any atom is 0.134 e. The summed E-state index contributed by atoms with van der Waals surface area (Å²) in [5.74, 6) is 1.09. The summed E-state index contributed by atoms with van der Waals surface area (Å²) in [5, 5.41) is 1.18. The molecular weight excluding hydrogens is 578 g/mol. The molecule has 7 rings (SSSR count). The molecule has 5 aromatic rings. The fourth-order valence-corrected chi connectivity index (χ4v) is 7.09. The average Bonchev–Trinajstić information content (AvgIpc) is 3.38. The highest BCUT2D eigenvalue weighted by Gasteiger charge is 2.37. The quantitative estimate of drug-likeness (QED) is 0.197. The van der Waals surface area contributed by atoms with Crippen LogP contribution >= 0.6 is 15.9 Å². The molecule has 3 heteroatoms. The van der Waals surface area contributed by atoms with Crippen LogP contribution < -0.4 is 4.90 Å². The third-order valence-electron chi connectivity index (χ3n) is 8.70. The van der Waals surface area contributed by atoms with Gasteiger partial charge in [-0.25, -0.2) is 0 Å². The first-order chi connectivity index (χ1) is 20.4. The molecule has 0 fully saturated rings. The monoisotopic (exact) mass is 609 g/mol. The van der Waals surface area contributed by atoms with Crippen molar-refractivity contribution in [3.05, 3.63) is 149 Å². The Morgan fingerprint density at radius 2 is 1.57 bits per heavy atom. The van der Waals surface area contributed by atoms with Gasteiger partial charge < -0.3 is 9.32 Å². The SMILES string of the molecule is C=CC1=C(C=C)C(C)(C)c2cc(-c3cc(Br)cc(-c4ccc5oc6c(c5c4)C=CCC6)c3)ccc2N1c1ccccc1. The second kappa shape index (κ2) is 10.2. The third kappa shape index (κ3) is 4.23. The molecule has 2 heterocycles. The van der Waals surface area contributed by atoms with E-state index in [-0.39, 0.29) is 5.41 Å². The zero-order chi connectivity index (χ0) is 29.0. The van der Waals surface area contributed by atoms with Crippen molar-refractivity contribution in [1.82, 2.24) is 0 Å². The van der Waals surface area contributed by atoms with E-state index in [0.29, 0.717) is 0 Å². The molecule has 1 aliphatic heterocycles. The Balaban J connectivity index is 1.36. The van der Waals surface area contributed by atoms with Crippen LogP contribution in [0.25, 0.3) is 39.3 Å². The van der Waals surface area contributed by atoms with E-state index < -0.39 is 0 Å². The molecule has 0 spiro atoms. The Labute approximate surface area is 256 Å². The third-order valence-corrected chi connectivity index (χ3v) is 9.16. The fraction of sp³-hybridized carbons (Fsp3) is 0.128. The zero-order valence-electron chi connectivity index (χ0n) is 24.0. The molecule has 2 aliphatic rings. The number of anilines is 2. The number of hydrogen-bond acceptors (Lipinski definition) is 2. The van der Waals surface area contributed by atoms with Crippen LogP contribution in [-0.4, -0.2) is 0 Å². The van der Waals surface area contributed by atoms with Crippen molar-refractivity contribution in [1.29, 1.82) is 0 Å². The fourth-order valence-electron chi connectivity index (χ4n) is 6.60. The Morgan fingerprint density at radius 1 is 0.833 bits per heavy atom. The van der Waals surface area contributed by atoms with Gasteiger partial charge >= 0.3 is 0 Å². The summed E-state index contributed by atoms with van der Waals surface area (Å²) in [6.07, 6.45) is 10.4. The summed E-state index contributed by atoms with van der Waals surface area (Å²) in [6, 6.07) is 30.6. The summed E-state index contributed by atoms with van der Waals surface area (Å²) in [6.45, 7) is 13.0. The lowest BCUT2D eigenvalue weighted by molar-refractivity contribution is 0.546. The van der Waals surface area contributed by atoms with E-state index >= 15 is 0 Å². The van der Waals surface area contributed by atoms with Crippen LogP contribution in [0, 0.1) is 0 Å². The van der Waals surface area contributed by atoms with Crippen LogP contribution in [0.5, 0.6) is 0 Å². The van der Waals surface area contributed by atoms with E-state index in [9.17, 15) is 0 Å². The number of halogens is 1. The Morgan fingerprint density at radius 3 is 2.31 bits per heavy atom. The minimum absolute atomic E-state index is 0.254. The van der Waals surface area contributed by atoms with Crippen molar-refractivity contribution in [2.45, 2.75) is 32.1 Å². The standard InChI is InChI=1S/C39H32BrNO/c1-5-33-35(6-2)41(30-12-8-7-9-13-30)36-18-16-26(24-34(36)39(33,3)4)28-20-27(21-29(40)22-28)25-17-19-38-32(23-25)31-14-10-11-15-37(31)42-38/h5-10,12-14,16-24H,1-2,11,15H2,3-4H3. The number of allylic oxidation sites excluding steroid dienone is 4. The lowest BCUT2D eigenvalue weighted by atomic mass is 9.72. The molecule has 0 radical (unpaired) electrons. The molecule has 0 N–H and O–H groups in total. The first-order valence-electron chi connectivity index (χ1n) is 14.4. The van der Waals surface area contributed by atoms with Crippen molar-refractivity contribution in [2.24, 2.45) is 0 Å². The van der Waals surface area contributed by atoms with E-state index in [0.717, 1.165) is 56.9 Å². The molecule has 1 aliphatic carbocycles. The van der Waals surface area contributed by atoms with Gasteiger partial charge in [-0.1, -0.05) is 91.5 Å². The van der Waals surface area contributed by atoms with Crippen molar-refractivity contribution in [3.8, 4) is 22.3 Å². The molecule has 2 nitrogen and oxygen atoms in total. The second-order valence-corrected chi connectivity index (χ2v) is 12.5. The number of furan rings is 1. The molecule has 1 aromatic heterocycles. The average molecular weight is 611 g/mol. The lowest BCUT2D eigenvalue weighted by Crippen LogP contribution is -2.33. The van der Waals surface area contributed by atoms with Crippen molar-refractivity contribution >= 4 is 44.3 Å². The van der Waals surface area contributed by atoms with E-state index in [1.807, 2.05) is 18.2 Å². The Hall–Kier alpha value is -4.34. The Kier molecular flexibility index (Phi) is 6.44. The van der Waals surface area contributed by atoms with Gasteiger partial charge in [-0.3, -0.25) is 0 Å². The van der Waals surface area contributed by atoms with Crippen molar-refractivity contribution in [3.63, 3.8) is 0 Å². The van der Waals surface area contributed by atoms with Crippen molar-refractivity contribution < 1.29 is 4.42 Å². The summed E-state index contributed by atoms with van der Waals surface area (Å²) in [7, 11) is 0.